The molecule has 0 spiro atoms. The second kappa shape index (κ2) is 4.74. The number of hydrogen-bond donors (Lipinski definition) is 1. The third-order valence-electron chi connectivity index (χ3n) is 2.40. The zero-order valence-electron chi connectivity index (χ0n) is 9.42. The molecule has 86 valence electrons. The van der Waals surface area contributed by atoms with Crippen LogP contribution in [0.4, 0.5) is 0 Å². The van der Waals surface area contributed by atoms with Gasteiger partial charge >= 0.3 is 5.97 Å². The van der Waals surface area contributed by atoms with Gasteiger partial charge in [-0.3, -0.25) is 14.8 Å². The maximum absolute atomic E-state index is 10.8. The van der Waals surface area contributed by atoms with Crippen LogP contribution in [-0.2, 0) is 11.2 Å². The Kier molecular flexibility index (Phi) is 3.14. The Morgan fingerprint density at radius 3 is 2.82 bits per heavy atom. The molecule has 4 nitrogen and oxygen atoms in total. The van der Waals surface area contributed by atoms with Crippen LogP contribution in [0, 0.1) is 6.92 Å². The van der Waals surface area contributed by atoms with Crippen LogP contribution in [-0.4, -0.2) is 21.0 Å². The summed E-state index contributed by atoms with van der Waals surface area (Å²) in [5, 5.41) is 8.87. The molecular formula is C13H12N2O2. The van der Waals surface area contributed by atoms with Crippen molar-refractivity contribution in [2.45, 2.75) is 13.3 Å². The molecule has 0 bridgehead atoms. The van der Waals surface area contributed by atoms with Crippen LogP contribution in [0.2, 0.25) is 0 Å². The van der Waals surface area contributed by atoms with Crippen molar-refractivity contribution in [1.29, 1.82) is 0 Å². The van der Waals surface area contributed by atoms with Crippen LogP contribution in [0.5, 0.6) is 0 Å². The highest BCUT2D eigenvalue weighted by molar-refractivity contribution is 5.75. The molecule has 0 aliphatic carbocycles. The summed E-state index contributed by atoms with van der Waals surface area (Å²) in [5.74, 6) is -0.881. The molecule has 0 atom stereocenters. The SMILES string of the molecule is Cc1ccc(-c2cccnc2)c(CC(=O)O)n1. The van der Waals surface area contributed by atoms with Crippen molar-refractivity contribution in [3.8, 4) is 11.1 Å². The normalized spacial score (nSPS) is 10.2. The lowest BCUT2D eigenvalue weighted by atomic mass is 10.0. The Morgan fingerprint density at radius 1 is 1.35 bits per heavy atom. The molecule has 0 fully saturated rings. The molecule has 0 aliphatic rings. The van der Waals surface area contributed by atoms with Gasteiger partial charge in [-0.15, -0.1) is 0 Å². The first-order valence-electron chi connectivity index (χ1n) is 5.25. The fraction of sp³-hybridized carbons (Fsp3) is 0.154. The molecule has 0 aromatic carbocycles. The second-order valence-corrected chi connectivity index (χ2v) is 3.76. The van der Waals surface area contributed by atoms with E-state index in [2.05, 4.69) is 9.97 Å². The summed E-state index contributed by atoms with van der Waals surface area (Å²) in [5.41, 5.74) is 3.10. The van der Waals surface area contributed by atoms with E-state index in [1.165, 1.54) is 0 Å². The first kappa shape index (κ1) is 11.3. The number of rotatable bonds is 3. The Balaban J connectivity index is 2.50. The maximum atomic E-state index is 10.8. The minimum atomic E-state index is -0.881. The van der Waals surface area contributed by atoms with Crippen molar-refractivity contribution >= 4 is 5.97 Å². The minimum absolute atomic E-state index is 0.0775. The number of carboxylic acid groups (broad SMARTS) is 1. The fourth-order valence-corrected chi connectivity index (χ4v) is 1.67. The number of aromatic nitrogens is 2. The number of aliphatic carboxylic acids is 1. The standard InChI is InChI=1S/C13H12N2O2/c1-9-4-5-11(10-3-2-6-14-8-10)12(15-9)7-13(16)17/h2-6,8H,7H2,1H3,(H,16,17). The van der Waals surface area contributed by atoms with Gasteiger partial charge in [0, 0.05) is 29.2 Å². The predicted molar refractivity (Wildman–Crippen MR) is 63.5 cm³/mol. The van der Waals surface area contributed by atoms with E-state index >= 15 is 0 Å². The molecule has 0 radical (unpaired) electrons. The van der Waals surface area contributed by atoms with Gasteiger partial charge in [0.25, 0.3) is 0 Å². The van der Waals surface area contributed by atoms with Crippen molar-refractivity contribution in [1.82, 2.24) is 9.97 Å². The Bertz CT molecular complexity index is 538. The number of aryl methyl sites for hydroxylation is 1. The summed E-state index contributed by atoms with van der Waals surface area (Å²) < 4.78 is 0. The van der Waals surface area contributed by atoms with Gasteiger partial charge < -0.3 is 5.11 Å². The molecule has 1 N–H and O–H groups in total. The van der Waals surface area contributed by atoms with Gasteiger partial charge in [0.15, 0.2) is 0 Å². The lowest BCUT2D eigenvalue weighted by Gasteiger charge is -2.07. The van der Waals surface area contributed by atoms with Crippen molar-refractivity contribution < 1.29 is 9.90 Å². The molecular weight excluding hydrogens is 216 g/mol. The Hall–Kier alpha value is -2.23. The van der Waals surface area contributed by atoms with E-state index < -0.39 is 5.97 Å². The third-order valence-corrected chi connectivity index (χ3v) is 2.40. The number of carboxylic acids is 1. The summed E-state index contributed by atoms with van der Waals surface area (Å²) in [6.45, 7) is 1.85. The number of carbonyl (C=O) groups is 1. The fourth-order valence-electron chi connectivity index (χ4n) is 1.67. The monoisotopic (exact) mass is 228 g/mol. The smallest absolute Gasteiger partial charge is 0.309 e. The molecule has 2 rings (SSSR count). The van der Waals surface area contributed by atoms with E-state index in [-0.39, 0.29) is 6.42 Å². The average molecular weight is 228 g/mol. The number of nitrogens with zero attached hydrogens (tertiary/aromatic N) is 2. The summed E-state index contributed by atoms with van der Waals surface area (Å²) in [6.07, 6.45) is 3.31. The lowest BCUT2D eigenvalue weighted by Crippen LogP contribution is -2.05. The minimum Gasteiger partial charge on any atom is -0.481 e. The first-order valence-corrected chi connectivity index (χ1v) is 5.25. The van der Waals surface area contributed by atoms with Gasteiger partial charge in [0.2, 0.25) is 0 Å². The van der Waals surface area contributed by atoms with Crippen molar-refractivity contribution in [3.63, 3.8) is 0 Å². The van der Waals surface area contributed by atoms with Crippen LogP contribution >= 0.6 is 0 Å². The van der Waals surface area contributed by atoms with E-state index in [0.29, 0.717) is 5.69 Å². The van der Waals surface area contributed by atoms with E-state index in [1.807, 2.05) is 31.2 Å². The highest BCUT2D eigenvalue weighted by Crippen LogP contribution is 2.22. The summed E-state index contributed by atoms with van der Waals surface area (Å²) in [7, 11) is 0. The summed E-state index contributed by atoms with van der Waals surface area (Å²) in [4.78, 5) is 19.1. The number of hydrogen-bond acceptors (Lipinski definition) is 3. The van der Waals surface area contributed by atoms with E-state index in [1.54, 1.807) is 12.4 Å². The zero-order valence-corrected chi connectivity index (χ0v) is 9.42. The molecule has 4 heteroatoms. The van der Waals surface area contributed by atoms with Gasteiger partial charge in [-0.1, -0.05) is 12.1 Å². The molecule has 0 saturated carbocycles. The predicted octanol–water partition coefficient (Wildman–Crippen LogP) is 2.08. The topological polar surface area (TPSA) is 63.1 Å². The summed E-state index contributed by atoms with van der Waals surface area (Å²) >= 11 is 0. The highest BCUT2D eigenvalue weighted by Gasteiger charge is 2.10. The van der Waals surface area contributed by atoms with Gasteiger partial charge in [0.1, 0.15) is 0 Å². The van der Waals surface area contributed by atoms with Crippen LogP contribution in [0.15, 0.2) is 36.7 Å². The van der Waals surface area contributed by atoms with E-state index in [4.69, 9.17) is 5.11 Å². The van der Waals surface area contributed by atoms with E-state index in [0.717, 1.165) is 16.8 Å². The summed E-state index contributed by atoms with van der Waals surface area (Å²) in [6, 6.07) is 7.47. The highest BCUT2D eigenvalue weighted by atomic mass is 16.4. The van der Waals surface area contributed by atoms with Gasteiger partial charge in [-0.05, 0) is 19.1 Å². The van der Waals surface area contributed by atoms with Gasteiger partial charge in [-0.25, -0.2) is 0 Å². The lowest BCUT2D eigenvalue weighted by molar-refractivity contribution is -0.136. The van der Waals surface area contributed by atoms with Crippen LogP contribution in [0.3, 0.4) is 0 Å². The third kappa shape index (κ3) is 2.66. The van der Waals surface area contributed by atoms with Crippen LogP contribution < -0.4 is 0 Å². The number of pyridine rings is 2. The quantitative estimate of drug-likeness (QED) is 0.873. The largest absolute Gasteiger partial charge is 0.481 e. The Labute approximate surface area is 99.0 Å². The molecule has 2 aromatic rings. The molecule has 2 heterocycles. The molecule has 17 heavy (non-hydrogen) atoms. The van der Waals surface area contributed by atoms with Crippen molar-refractivity contribution in [3.05, 3.63) is 48.0 Å². The molecule has 0 amide bonds. The van der Waals surface area contributed by atoms with Crippen LogP contribution in [0.1, 0.15) is 11.4 Å². The van der Waals surface area contributed by atoms with Crippen molar-refractivity contribution in [2.75, 3.05) is 0 Å². The van der Waals surface area contributed by atoms with Crippen LogP contribution in [0.25, 0.3) is 11.1 Å². The zero-order chi connectivity index (χ0) is 12.3. The second-order valence-electron chi connectivity index (χ2n) is 3.76. The van der Waals surface area contributed by atoms with E-state index in [9.17, 15) is 4.79 Å². The molecule has 0 unspecified atom stereocenters. The Morgan fingerprint density at radius 2 is 2.18 bits per heavy atom. The molecule has 0 aliphatic heterocycles. The van der Waals surface area contributed by atoms with Crippen molar-refractivity contribution in [2.24, 2.45) is 0 Å². The first-order chi connectivity index (χ1) is 8.16. The molecule has 2 aromatic heterocycles. The molecule has 0 saturated heterocycles. The van der Waals surface area contributed by atoms with Gasteiger partial charge in [0.05, 0.1) is 12.1 Å². The maximum Gasteiger partial charge on any atom is 0.309 e. The van der Waals surface area contributed by atoms with Gasteiger partial charge in [-0.2, -0.15) is 0 Å². The average Bonchev–Trinajstić information content (AvgIpc) is 2.29.